The molecule has 2 heterocycles. The van der Waals surface area contributed by atoms with Crippen LogP contribution in [0.2, 0.25) is 0 Å². The summed E-state index contributed by atoms with van der Waals surface area (Å²) in [6.45, 7) is 4.09. The molecule has 3 amide bonds. The van der Waals surface area contributed by atoms with Crippen molar-refractivity contribution >= 4 is 22.8 Å². The van der Waals surface area contributed by atoms with Crippen molar-refractivity contribution in [2.45, 2.75) is 32.9 Å². The first-order valence-corrected chi connectivity index (χ1v) is 7.61. The van der Waals surface area contributed by atoms with E-state index in [2.05, 4.69) is 10.3 Å². The number of halogens is 1. The predicted molar refractivity (Wildman–Crippen MR) is 84.0 cm³/mol. The molecule has 1 aliphatic heterocycles. The number of carbonyl (C=O) groups excluding carboxylic acids is 2. The monoisotopic (exact) mass is 315 g/mol. The lowest BCUT2D eigenvalue weighted by Crippen LogP contribution is -2.31. The number of carbonyl (C=O) groups is 2. The highest BCUT2D eigenvalue weighted by molar-refractivity contribution is 6.04. The lowest BCUT2D eigenvalue weighted by atomic mass is 10.0. The highest BCUT2D eigenvalue weighted by Crippen LogP contribution is 2.23. The molecule has 1 N–H and O–H groups in total. The van der Waals surface area contributed by atoms with Crippen LogP contribution in [0.3, 0.4) is 0 Å². The van der Waals surface area contributed by atoms with Crippen LogP contribution in [0.25, 0.3) is 10.9 Å². The Morgan fingerprint density at radius 2 is 2.09 bits per heavy atom. The number of imide groups is 1. The summed E-state index contributed by atoms with van der Waals surface area (Å²) >= 11 is 0. The van der Waals surface area contributed by atoms with Crippen LogP contribution >= 0.6 is 0 Å². The Balaban J connectivity index is 1.89. The number of benzene rings is 1. The fraction of sp³-hybridized carbons (Fsp3) is 0.353. The topological polar surface area (TPSA) is 62.3 Å². The fourth-order valence-electron chi connectivity index (χ4n) is 2.85. The third kappa shape index (κ3) is 2.88. The standard InChI is InChI=1S/C17H18FN3O2/c1-10(2)8-14-16(22)21(17(23)20-14)9-11-5-6-13(18)12-4-3-7-19-15(11)12/h3-7,10,14H,8-9H2,1-2H3,(H,20,23). The van der Waals surface area contributed by atoms with Crippen molar-refractivity contribution in [2.75, 3.05) is 0 Å². The molecule has 0 aliphatic carbocycles. The quantitative estimate of drug-likeness (QED) is 0.883. The molecule has 0 radical (unpaired) electrons. The summed E-state index contributed by atoms with van der Waals surface area (Å²) in [6.07, 6.45) is 2.17. The van der Waals surface area contributed by atoms with Gasteiger partial charge in [-0.15, -0.1) is 0 Å². The number of hydrogen-bond acceptors (Lipinski definition) is 3. The highest BCUT2D eigenvalue weighted by Gasteiger charge is 2.38. The molecular weight excluding hydrogens is 297 g/mol. The van der Waals surface area contributed by atoms with Crippen LogP contribution < -0.4 is 5.32 Å². The maximum absolute atomic E-state index is 13.8. The average Bonchev–Trinajstić information content (AvgIpc) is 2.77. The zero-order valence-electron chi connectivity index (χ0n) is 13.0. The Morgan fingerprint density at radius 1 is 1.30 bits per heavy atom. The first-order chi connectivity index (χ1) is 11.0. The molecule has 1 atom stereocenters. The predicted octanol–water partition coefficient (Wildman–Crippen LogP) is 2.84. The molecule has 2 aromatic rings. The van der Waals surface area contributed by atoms with Crippen molar-refractivity contribution < 1.29 is 14.0 Å². The number of urea groups is 1. The highest BCUT2D eigenvalue weighted by atomic mass is 19.1. The van der Waals surface area contributed by atoms with Crippen LogP contribution in [0.5, 0.6) is 0 Å². The molecule has 1 unspecified atom stereocenters. The van der Waals surface area contributed by atoms with E-state index < -0.39 is 12.1 Å². The second-order valence-corrected chi connectivity index (χ2v) is 6.16. The third-order valence-electron chi connectivity index (χ3n) is 3.94. The number of hydrogen-bond donors (Lipinski definition) is 1. The minimum absolute atomic E-state index is 0.0903. The lowest BCUT2D eigenvalue weighted by Gasteiger charge is -2.15. The summed E-state index contributed by atoms with van der Waals surface area (Å²) in [4.78, 5) is 29.9. The third-order valence-corrected chi connectivity index (χ3v) is 3.94. The van der Waals surface area contributed by atoms with Crippen LogP contribution in [0.15, 0.2) is 30.5 Å². The summed E-state index contributed by atoms with van der Waals surface area (Å²) in [5.41, 5.74) is 1.12. The van der Waals surface area contributed by atoms with Gasteiger partial charge >= 0.3 is 6.03 Å². The van der Waals surface area contributed by atoms with Gasteiger partial charge in [-0.1, -0.05) is 19.9 Å². The lowest BCUT2D eigenvalue weighted by molar-refractivity contribution is -0.128. The average molecular weight is 315 g/mol. The fourth-order valence-corrected chi connectivity index (χ4v) is 2.85. The van der Waals surface area contributed by atoms with Gasteiger partial charge in [0, 0.05) is 11.6 Å². The molecule has 1 aromatic carbocycles. The van der Waals surface area contributed by atoms with E-state index in [0.29, 0.717) is 28.8 Å². The van der Waals surface area contributed by atoms with Crippen molar-refractivity contribution in [1.82, 2.24) is 15.2 Å². The summed E-state index contributed by atoms with van der Waals surface area (Å²) in [5.74, 6) is -0.304. The normalized spacial score (nSPS) is 18.1. The van der Waals surface area contributed by atoms with Gasteiger partial charge in [0.25, 0.3) is 5.91 Å². The van der Waals surface area contributed by atoms with Gasteiger partial charge in [0.1, 0.15) is 11.9 Å². The minimum atomic E-state index is -0.484. The van der Waals surface area contributed by atoms with E-state index in [0.717, 1.165) is 0 Å². The van der Waals surface area contributed by atoms with Crippen LogP contribution in [-0.4, -0.2) is 27.9 Å². The number of aromatic nitrogens is 1. The van der Waals surface area contributed by atoms with Gasteiger partial charge in [-0.25, -0.2) is 9.18 Å². The van der Waals surface area contributed by atoms with Crippen LogP contribution in [0.1, 0.15) is 25.8 Å². The summed E-state index contributed by atoms with van der Waals surface area (Å²) in [5, 5.41) is 3.09. The number of nitrogens with zero attached hydrogens (tertiary/aromatic N) is 2. The zero-order chi connectivity index (χ0) is 16.6. The van der Waals surface area contributed by atoms with Crippen LogP contribution in [0.4, 0.5) is 9.18 Å². The zero-order valence-corrected chi connectivity index (χ0v) is 13.0. The maximum atomic E-state index is 13.8. The molecule has 0 bridgehead atoms. The number of pyridine rings is 1. The van der Waals surface area contributed by atoms with Gasteiger partial charge in [0.15, 0.2) is 0 Å². The number of amides is 3. The second-order valence-electron chi connectivity index (χ2n) is 6.16. The van der Waals surface area contributed by atoms with Gasteiger partial charge in [0.2, 0.25) is 0 Å². The largest absolute Gasteiger partial charge is 0.326 e. The maximum Gasteiger partial charge on any atom is 0.325 e. The summed E-state index contributed by atoms with van der Waals surface area (Å²) in [6, 6.07) is 5.30. The molecule has 1 fully saturated rings. The van der Waals surface area contributed by atoms with Crippen molar-refractivity contribution in [3.8, 4) is 0 Å². The first kappa shape index (κ1) is 15.4. The van der Waals surface area contributed by atoms with E-state index in [1.807, 2.05) is 13.8 Å². The van der Waals surface area contributed by atoms with E-state index in [9.17, 15) is 14.0 Å². The van der Waals surface area contributed by atoms with Crippen molar-refractivity contribution in [3.05, 3.63) is 41.8 Å². The molecule has 23 heavy (non-hydrogen) atoms. The first-order valence-electron chi connectivity index (χ1n) is 7.61. The van der Waals surface area contributed by atoms with Gasteiger partial charge in [-0.3, -0.25) is 14.7 Å². The summed E-state index contributed by atoms with van der Waals surface area (Å²) in [7, 11) is 0. The van der Waals surface area contributed by atoms with Gasteiger partial charge < -0.3 is 5.32 Å². The Bertz CT molecular complexity index is 776. The van der Waals surface area contributed by atoms with E-state index in [-0.39, 0.29) is 18.3 Å². The van der Waals surface area contributed by atoms with Gasteiger partial charge in [0.05, 0.1) is 12.1 Å². The SMILES string of the molecule is CC(C)CC1NC(=O)N(Cc2ccc(F)c3cccnc23)C1=O. The Hall–Kier alpha value is -2.50. The Labute approximate surface area is 133 Å². The minimum Gasteiger partial charge on any atom is -0.326 e. The second kappa shape index (κ2) is 5.95. The number of nitrogens with one attached hydrogen (secondary N) is 1. The Morgan fingerprint density at radius 3 is 2.83 bits per heavy atom. The van der Waals surface area contributed by atoms with Gasteiger partial charge in [-0.05, 0) is 36.1 Å². The molecule has 1 aromatic heterocycles. The molecule has 6 heteroatoms. The molecule has 0 spiro atoms. The number of fused-ring (bicyclic) bond motifs is 1. The van der Waals surface area contributed by atoms with Crippen LogP contribution in [0, 0.1) is 11.7 Å². The van der Waals surface area contributed by atoms with Crippen molar-refractivity contribution in [1.29, 1.82) is 0 Å². The van der Waals surface area contributed by atoms with Crippen LogP contribution in [-0.2, 0) is 11.3 Å². The molecule has 5 nitrogen and oxygen atoms in total. The molecule has 120 valence electrons. The molecule has 0 saturated carbocycles. The van der Waals surface area contributed by atoms with E-state index >= 15 is 0 Å². The Kier molecular flexibility index (Phi) is 3.98. The van der Waals surface area contributed by atoms with Crippen molar-refractivity contribution in [3.63, 3.8) is 0 Å². The van der Waals surface area contributed by atoms with E-state index in [1.54, 1.807) is 24.4 Å². The number of rotatable bonds is 4. The molecule has 1 aliphatic rings. The smallest absolute Gasteiger partial charge is 0.325 e. The molecular formula is C17H18FN3O2. The molecule has 3 rings (SSSR count). The van der Waals surface area contributed by atoms with E-state index in [4.69, 9.17) is 0 Å². The van der Waals surface area contributed by atoms with Gasteiger partial charge in [-0.2, -0.15) is 0 Å². The van der Waals surface area contributed by atoms with E-state index in [1.165, 1.54) is 11.0 Å². The summed E-state index contributed by atoms with van der Waals surface area (Å²) < 4.78 is 13.8. The molecule has 1 saturated heterocycles. The van der Waals surface area contributed by atoms with Crippen molar-refractivity contribution in [2.24, 2.45) is 5.92 Å².